The second-order valence-corrected chi connectivity index (χ2v) is 7.65. The van der Waals surface area contributed by atoms with E-state index >= 15 is 0 Å². The zero-order chi connectivity index (χ0) is 16.5. The Kier molecular flexibility index (Phi) is 4.85. The van der Waals surface area contributed by atoms with E-state index in [4.69, 9.17) is 0 Å². The number of carbonyl (C=O) groups is 1. The number of Topliss-reactive ketones (excluding diaryl/α,β-unsaturated/α-hetero) is 1. The average molecular weight is 366 g/mol. The lowest BCUT2D eigenvalue weighted by atomic mass is 9.73. The summed E-state index contributed by atoms with van der Waals surface area (Å²) in [6.45, 7) is 6.11. The van der Waals surface area contributed by atoms with Crippen molar-refractivity contribution >= 4 is 33.5 Å². The Bertz CT molecular complexity index is 639. The van der Waals surface area contributed by atoms with Crippen LogP contribution in [0.15, 0.2) is 29.8 Å². The molecule has 0 radical (unpaired) electrons. The molecule has 0 N–H and O–H groups in total. The number of hydrogen-bond donors (Lipinski definition) is 0. The van der Waals surface area contributed by atoms with Gasteiger partial charge in [-0.15, -0.1) is 0 Å². The maximum absolute atomic E-state index is 12.9. The number of benzene rings is 1. The van der Waals surface area contributed by atoms with Crippen LogP contribution >= 0.6 is 15.9 Å². The molecule has 0 spiro atoms. The Labute approximate surface area is 138 Å². The van der Waals surface area contributed by atoms with Crippen LogP contribution in [0.4, 0.5) is 5.69 Å². The second-order valence-electron chi connectivity index (χ2n) is 6.24. The molecule has 4 nitrogen and oxygen atoms in total. The summed E-state index contributed by atoms with van der Waals surface area (Å²) in [5, 5.41) is 10.9. The molecular formula is C17H20BrNO3. The third-order valence-corrected chi connectivity index (χ3v) is 6.10. The van der Waals surface area contributed by atoms with E-state index in [1.54, 1.807) is 18.2 Å². The van der Waals surface area contributed by atoms with Crippen molar-refractivity contribution in [1.82, 2.24) is 0 Å². The number of halogens is 1. The van der Waals surface area contributed by atoms with E-state index in [0.29, 0.717) is 5.56 Å². The van der Waals surface area contributed by atoms with Crippen LogP contribution in [-0.4, -0.2) is 15.0 Å². The molecule has 0 bridgehead atoms. The lowest BCUT2D eigenvalue weighted by Gasteiger charge is -2.38. The molecule has 118 valence electrons. The first-order valence-electron chi connectivity index (χ1n) is 7.45. The number of carbonyl (C=O) groups excluding carboxylic acids is 1. The van der Waals surface area contributed by atoms with Crippen LogP contribution in [0.2, 0.25) is 0 Å². The lowest BCUT2D eigenvalue weighted by molar-refractivity contribution is -0.384. The van der Waals surface area contributed by atoms with Crippen LogP contribution < -0.4 is 0 Å². The minimum absolute atomic E-state index is 0.0410. The first-order chi connectivity index (χ1) is 10.3. The molecule has 0 amide bonds. The summed E-state index contributed by atoms with van der Waals surface area (Å²) >= 11 is 3.65. The van der Waals surface area contributed by atoms with Gasteiger partial charge >= 0.3 is 0 Å². The summed E-state index contributed by atoms with van der Waals surface area (Å²) in [5.74, 6) is 0.463. The third kappa shape index (κ3) is 3.14. The van der Waals surface area contributed by atoms with Crippen molar-refractivity contribution in [2.75, 3.05) is 0 Å². The third-order valence-electron chi connectivity index (χ3n) is 4.43. The summed E-state index contributed by atoms with van der Waals surface area (Å²) < 4.78 is -0.522. The van der Waals surface area contributed by atoms with Gasteiger partial charge in [0.05, 0.1) is 9.25 Å². The van der Waals surface area contributed by atoms with Gasteiger partial charge in [-0.25, -0.2) is 0 Å². The number of non-ortho nitro benzene ring substituents is 1. The molecule has 0 aliphatic heterocycles. The number of nitro benzene ring substituents is 1. The van der Waals surface area contributed by atoms with Crippen LogP contribution in [0.25, 0.3) is 6.08 Å². The van der Waals surface area contributed by atoms with Crippen LogP contribution in [-0.2, 0) is 4.79 Å². The van der Waals surface area contributed by atoms with Crippen molar-refractivity contribution in [2.45, 2.75) is 37.9 Å². The Morgan fingerprint density at radius 3 is 2.73 bits per heavy atom. The molecule has 5 heteroatoms. The van der Waals surface area contributed by atoms with Gasteiger partial charge in [-0.1, -0.05) is 48.8 Å². The highest BCUT2D eigenvalue weighted by atomic mass is 79.9. The zero-order valence-electron chi connectivity index (χ0n) is 13.0. The number of hydrogen-bond acceptors (Lipinski definition) is 3. The molecule has 0 aromatic heterocycles. The largest absolute Gasteiger partial charge is 0.293 e. The van der Waals surface area contributed by atoms with Gasteiger partial charge in [0.25, 0.3) is 5.69 Å². The minimum atomic E-state index is -0.522. The topological polar surface area (TPSA) is 60.2 Å². The molecule has 1 fully saturated rings. The molecule has 1 aliphatic carbocycles. The number of nitrogens with zero attached hydrogens (tertiary/aromatic N) is 1. The van der Waals surface area contributed by atoms with Crippen molar-refractivity contribution in [3.8, 4) is 0 Å². The number of rotatable bonds is 3. The summed E-state index contributed by atoms with van der Waals surface area (Å²) in [6, 6.07) is 6.40. The fraction of sp³-hybridized carbons (Fsp3) is 0.471. The normalized spacial score (nSPS) is 27.4. The van der Waals surface area contributed by atoms with Gasteiger partial charge in [0.1, 0.15) is 0 Å². The van der Waals surface area contributed by atoms with Crippen LogP contribution in [0.5, 0.6) is 0 Å². The first kappa shape index (κ1) is 16.9. The molecule has 0 saturated heterocycles. The molecule has 1 aliphatic rings. The monoisotopic (exact) mass is 365 g/mol. The van der Waals surface area contributed by atoms with Crippen molar-refractivity contribution in [1.29, 1.82) is 0 Å². The maximum atomic E-state index is 12.9. The highest BCUT2D eigenvalue weighted by molar-refractivity contribution is 9.10. The minimum Gasteiger partial charge on any atom is -0.293 e. The van der Waals surface area contributed by atoms with E-state index in [1.165, 1.54) is 12.1 Å². The second kappa shape index (κ2) is 6.32. The lowest BCUT2D eigenvalue weighted by Crippen LogP contribution is -2.43. The quantitative estimate of drug-likeness (QED) is 0.335. The highest BCUT2D eigenvalue weighted by Crippen LogP contribution is 2.44. The van der Waals surface area contributed by atoms with Gasteiger partial charge in [-0.3, -0.25) is 14.9 Å². The molecule has 1 aromatic carbocycles. The fourth-order valence-corrected chi connectivity index (χ4v) is 3.28. The fourth-order valence-electron chi connectivity index (χ4n) is 2.83. The molecule has 2 rings (SSSR count). The molecular weight excluding hydrogens is 346 g/mol. The van der Waals surface area contributed by atoms with Gasteiger partial charge in [0.2, 0.25) is 0 Å². The van der Waals surface area contributed by atoms with E-state index in [1.807, 2.05) is 20.8 Å². The molecule has 1 saturated carbocycles. The van der Waals surface area contributed by atoms with Crippen molar-refractivity contribution in [2.24, 2.45) is 11.8 Å². The highest BCUT2D eigenvalue weighted by Gasteiger charge is 2.44. The van der Waals surface area contributed by atoms with E-state index in [-0.39, 0.29) is 23.3 Å². The van der Waals surface area contributed by atoms with Gasteiger partial charge < -0.3 is 0 Å². The van der Waals surface area contributed by atoms with E-state index < -0.39 is 9.25 Å². The summed E-state index contributed by atoms with van der Waals surface area (Å²) in [6.07, 6.45) is 3.55. The van der Waals surface area contributed by atoms with Crippen LogP contribution in [0, 0.1) is 22.0 Å². The number of ketones is 1. The number of nitro groups is 1. The molecule has 1 aromatic rings. The SMILES string of the molecule is CC1CCC(Br)(C(C)C)C(=O)/C1=C/c1cccc([N+](=O)[O-])c1. The van der Waals surface area contributed by atoms with Gasteiger partial charge in [-0.05, 0) is 36.3 Å². The Morgan fingerprint density at radius 2 is 2.14 bits per heavy atom. The van der Waals surface area contributed by atoms with Crippen molar-refractivity contribution in [3.05, 3.63) is 45.5 Å². The van der Waals surface area contributed by atoms with E-state index in [2.05, 4.69) is 15.9 Å². The average Bonchev–Trinajstić information content (AvgIpc) is 2.48. The molecule has 2 unspecified atom stereocenters. The van der Waals surface area contributed by atoms with Gasteiger partial charge in [0.15, 0.2) is 5.78 Å². The summed E-state index contributed by atoms with van der Waals surface area (Å²) in [7, 11) is 0. The number of allylic oxidation sites excluding steroid dienone is 1. The number of alkyl halides is 1. The van der Waals surface area contributed by atoms with Crippen LogP contribution in [0.1, 0.15) is 39.2 Å². The Balaban J connectivity index is 2.42. The van der Waals surface area contributed by atoms with Gasteiger partial charge in [0, 0.05) is 17.7 Å². The van der Waals surface area contributed by atoms with Crippen molar-refractivity contribution in [3.63, 3.8) is 0 Å². The molecule has 22 heavy (non-hydrogen) atoms. The summed E-state index contributed by atoms with van der Waals surface area (Å²) in [5.41, 5.74) is 1.49. The van der Waals surface area contributed by atoms with Crippen LogP contribution in [0.3, 0.4) is 0 Å². The zero-order valence-corrected chi connectivity index (χ0v) is 14.6. The standard InChI is InChI=1S/C17H20BrNO3/c1-11(2)17(18)8-7-12(3)15(16(17)20)10-13-5-4-6-14(9-13)19(21)22/h4-6,9-12H,7-8H2,1-3H3/b15-10+. The van der Waals surface area contributed by atoms with E-state index in [9.17, 15) is 14.9 Å². The van der Waals surface area contributed by atoms with E-state index in [0.717, 1.165) is 18.4 Å². The molecule has 2 atom stereocenters. The van der Waals surface area contributed by atoms with Crippen molar-refractivity contribution < 1.29 is 9.72 Å². The predicted molar refractivity (Wildman–Crippen MR) is 91.0 cm³/mol. The predicted octanol–water partition coefficient (Wildman–Crippen LogP) is 4.77. The smallest absolute Gasteiger partial charge is 0.270 e. The Hall–Kier alpha value is -1.49. The maximum Gasteiger partial charge on any atom is 0.270 e. The summed E-state index contributed by atoms with van der Waals surface area (Å²) in [4.78, 5) is 23.3. The van der Waals surface area contributed by atoms with Gasteiger partial charge in [-0.2, -0.15) is 0 Å². The molecule has 0 heterocycles. The first-order valence-corrected chi connectivity index (χ1v) is 8.24. The Morgan fingerprint density at radius 1 is 1.45 bits per heavy atom.